The summed E-state index contributed by atoms with van der Waals surface area (Å²) in [5, 5.41) is 0. The summed E-state index contributed by atoms with van der Waals surface area (Å²) in [6.07, 6.45) is 0. The van der Waals surface area contributed by atoms with Crippen molar-refractivity contribution >= 4 is 21.8 Å². The lowest BCUT2D eigenvalue weighted by Gasteiger charge is -2.32. The zero-order chi connectivity index (χ0) is 17.8. The first kappa shape index (κ1) is 17.9. The Kier molecular flexibility index (Phi) is 5.71. The number of nitrogens with zero attached hydrogens (tertiary/aromatic N) is 1. The summed E-state index contributed by atoms with van der Waals surface area (Å²) in [6, 6.07) is 11.9. The molecule has 2 aromatic rings. The number of hydrogen-bond donors (Lipinski definition) is 1. The molecule has 3 rings (SSSR count). The third-order valence-electron chi connectivity index (χ3n) is 4.52. The minimum atomic E-state index is -0.323. The van der Waals surface area contributed by atoms with Gasteiger partial charge in [-0.05, 0) is 58.4 Å². The molecule has 6 heteroatoms. The number of amides is 1. The van der Waals surface area contributed by atoms with E-state index in [1.54, 1.807) is 19.2 Å². The molecule has 1 fully saturated rings. The predicted octanol–water partition coefficient (Wildman–Crippen LogP) is 2.14. The molecular weight excluding hydrogens is 387 g/mol. The van der Waals surface area contributed by atoms with E-state index in [0.29, 0.717) is 18.7 Å². The summed E-state index contributed by atoms with van der Waals surface area (Å²) in [7, 11) is 1.66. The molecular formula is C19H21BrFN2O2+. The van der Waals surface area contributed by atoms with Crippen LogP contribution in [0.25, 0.3) is 0 Å². The molecule has 1 amide bonds. The van der Waals surface area contributed by atoms with Gasteiger partial charge < -0.3 is 14.5 Å². The van der Waals surface area contributed by atoms with Gasteiger partial charge in [-0.1, -0.05) is 0 Å². The third-order valence-corrected chi connectivity index (χ3v) is 5.14. The summed E-state index contributed by atoms with van der Waals surface area (Å²) >= 11 is 3.52. The van der Waals surface area contributed by atoms with Crippen LogP contribution in [-0.2, 0) is 6.54 Å². The molecule has 0 atom stereocenters. The number of rotatable bonds is 4. The van der Waals surface area contributed by atoms with Crippen molar-refractivity contribution in [1.82, 2.24) is 4.90 Å². The van der Waals surface area contributed by atoms with Crippen molar-refractivity contribution in [3.05, 3.63) is 63.9 Å². The van der Waals surface area contributed by atoms with E-state index in [0.717, 1.165) is 29.9 Å². The van der Waals surface area contributed by atoms with Gasteiger partial charge >= 0.3 is 0 Å². The number of halogens is 2. The number of methoxy groups -OCH3 is 1. The number of carbonyl (C=O) groups is 1. The molecule has 132 valence electrons. The van der Waals surface area contributed by atoms with Crippen molar-refractivity contribution in [3.63, 3.8) is 0 Å². The van der Waals surface area contributed by atoms with Crippen LogP contribution in [0.5, 0.6) is 5.75 Å². The molecule has 1 N–H and O–H groups in total. The van der Waals surface area contributed by atoms with Crippen molar-refractivity contribution in [2.75, 3.05) is 33.3 Å². The second-order valence-corrected chi connectivity index (χ2v) is 7.05. The van der Waals surface area contributed by atoms with Gasteiger partial charge in [0.15, 0.2) is 0 Å². The first-order valence-corrected chi connectivity index (χ1v) is 9.07. The lowest BCUT2D eigenvalue weighted by Crippen LogP contribution is -3.13. The fourth-order valence-corrected chi connectivity index (χ4v) is 3.67. The summed E-state index contributed by atoms with van der Waals surface area (Å²) < 4.78 is 19.2. The van der Waals surface area contributed by atoms with Crippen molar-refractivity contribution < 1.29 is 18.8 Å². The molecule has 1 heterocycles. The molecule has 0 saturated carbocycles. The molecule has 25 heavy (non-hydrogen) atoms. The largest absolute Gasteiger partial charge is 0.496 e. The highest BCUT2D eigenvalue weighted by Crippen LogP contribution is 2.25. The highest BCUT2D eigenvalue weighted by Gasteiger charge is 2.24. The Labute approximate surface area is 155 Å². The lowest BCUT2D eigenvalue weighted by atomic mass is 10.1. The minimum Gasteiger partial charge on any atom is -0.496 e. The average molecular weight is 408 g/mol. The third kappa shape index (κ3) is 4.38. The maximum Gasteiger partial charge on any atom is 0.254 e. The van der Waals surface area contributed by atoms with Crippen LogP contribution >= 0.6 is 15.9 Å². The van der Waals surface area contributed by atoms with Crippen LogP contribution in [0.15, 0.2) is 46.9 Å². The van der Waals surface area contributed by atoms with Crippen LogP contribution in [0, 0.1) is 5.82 Å². The monoisotopic (exact) mass is 407 g/mol. The highest BCUT2D eigenvalue weighted by atomic mass is 79.9. The normalized spacial score (nSPS) is 15.2. The molecule has 1 saturated heterocycles. The van der Waals surface area contributed by atoms with Gasteiger partial charge in [0.25, 0.3) is 5.91 Å². The maximum atomic E-state index is 13.0. The van der Waals surface area contributed by atoms with Crippen LogP contribution in [0.3, 0.4) is 0 Å². The number of benzene rings is 2. The van der Waals surface area contributed by atoms with Crippen LogP contribution in [-0.4, -0.2) is 44.1 Å². The van der Waals surface area contributed by atoms with Gasteiger partial charge in [-0.3, -0.25) is 4.79 Å². The molecule has 0 spiro atoms. The topological polar surface area (TPSA) is 34.0 Å². The van der Waals surface area contributed by atoms with E-state index in [2.05, 4.69) is 28.1 Å². The molecule has 0 unspecified atom stereocenters. The first-order chi connectivity index (χ1) is 12.1. The van der Waals surface area contributed by atoms with E-state index >= 15 is 0 Å². The molecule has 4 nitrogen and oxygen atoms in total. The number of nitrogens with one attached hydrogen (secondary N) is 1. The Morgan fingerprint density at radius 2 is 1.88 bits per heavy atom. The lowest BCUT2D eigenvalue weighted by molar-refractivity contribution is -0.917. The number of ether oxygens (including phenoxy) is 1. The summed E-state index contributed by atoms with van der Waals surface area (Å²) in [5.74, 6) is 0.483. The number of carbonyl (C=O) groups excluding carboxylic acids is 1. The Hall–Kier alpha value is -1.92. The van der Waals surface area contributed by atoms with Crippen LogP contribution in [0.4, 0.5) is 4.39 Å². The standard InChI is InChI=1S/C19H20BrFN2O2/c1-25-18-7-2-14(12-17(18)20)13-22-8-10-23(11-9-22)19(24)15-3-5-16(21)6-4-15/h2-7,12H,8-11,13H2,1H3/p+1. The van der Waals surface area contributed by atoms with Gasteiger partial charge in [-0.25, -0.2) is 4.39 Å². The van der Waals surface area contributed by atoms with Crippen LogP contribution < -0.4 is 9.64 Å². The van der Waals surface area contributed by atoms with Gasteiger partial charge in [0.05, 0.1) is 37.8 Å². The Bertz CT molecular complexity index is 744. The molecule has 0 aromatic heterocycles. The quantitative estimate of drug-likeness (QED) is 0.842. The first-order valence-electron chi connectivity index (χ1n) is 8.27. The summed E-state index contributed by atoms with van der Waals surface area (Å²) in [4.78, 5) is 15.8. The highest BCUT2D eigenvalue weighted by molar-refractivity contribution is 9.10. The Balaban J connectivity index is 1.55. The molecule has 0 aliphatic carbocycles. The summed E-state index contributed by atoms with van der Waals surface area (Å²) in [5.41, 5.74) is 1.78. The van der Waals surface area contributed by atoms with Crippen molar-refractivity contribution in [3.8, 4) is 5.75 Å². The number of quaternary nitrogens is 1. The predicted molar refractivity (Wildman–Crippen MR) is 97.4 cm³/mol. The van der Waals surface area contributed by atoms with Gasteiger partial charge in [0.1, 0.15) is 18.1 Å². The Morgan fingerprint density at radius 3 is 2.48 bits per heavy atom. The van der Waals surface area contributed by atoms with Gasteiger partial charge in [-0.15, -0.1) is 0 Å². The van der Waals surface area contributed by atoms with Crippen molar-refractivity contribution in [2.45, 2.75) is 6.54 Å². The van der Waals surface area contributed by atoms with Crippen molar-refractivity contribution in [1.29, 1.82) is 0 Å². The molecule has 2 aromatic carbocycles. The minimum absolute atomic E-state index is 0.0220. The fraction of sp³-hybridized carbons (Fsp3) is 0.316. The molecule has 0 bridgehead atoms. The second kappa shape index (κ2) is 7.97. The van der Waals surface area contributed by atoms with E-state index < -0.39 is 0 Å². The number of piperazine rings is 1. The summed E-state index contributed by atoms with van der Waals surface area (Å²) in [6.45, 7) is 4.14. The number of hydrogen-bond acceptors (Lipinski definition) is 2. The Morgan fingerprint density at radius 1 is 1.20 bits per heavy atom. The zero-order valence-corrected chi connectivity index (χ0v) is 15.7. The van der Waals surface area contributed by atoms with Gasteiger partial charge in [0.2, 0.25) is 0 Å². The zero-order valence-electron chi connectivity index (χ0n) is 14.1. The van der Waals surface area contributed by atoms with E-state index in [4.69, 9.17) is 4.74 Å². The molecule has 0 radical (unpaired) electrons. The van der Waals surface area contributed by atoms with E-state index in [1.807, 2.05) is 11.0 Å². The van der Waals surface area contributed by atoms with Crippen molar-refractivity contribution in [2.24, 2.45) is 0 Å². The van der Waals surface area contributed by atoms with Gasteiger partial charge in [-0.2, -0.15) is 0 Å². The maximum absolute atomic E-state index is 13.0. The van der Waals surface area contributed by atoms with E-state index in [9.17, 15) is 9.18 Å². The fourth-order valence-electron chi connectivity index (χ4n) is 3.09. The van der Waals surface area contributed by atoms with Crippen LogP contribution in [0.1, 0.15) is 15.9 Å². The average Bonchev–Trinajstić information content (AvgIpc) is 2.63. The smallest absolute Gasteiger partial charge is 0.254 e. The molecule has 1 aliphatic heterocycles. The second-order valence-electron chi connectivity index (χ2n) is 6.19. The van der Waals surface area contributed by atoms with E-state index in [-0.39, 0.29) is 11.7 Å². The van der Waals surface area contributed by atoms with Gasteiger partial charge in [0, 0.05) is 11.1 Å². The van der Waals surface area contributed by atoms with Crippen LogP contribution in [0.2, 0.25) is 0 Å². The SMILES string of the molecule is COc1ccc(C[NH+]2CCN(C(=O)c3ccc(F)cc3)CC2)cc1Br. The molecule has 1 aliphatic rings. The van der Waals surface area contributed by atoms with E-state index in [1.165, 1.54) is 22.6 Å².